The molecule has 0 aliphatic carbocycles. The van der Waals surface area contributed by atoms with Crippen LogP contribution in [0.25, 0.3) is 0 Å². The lowest BCUT2D eigenvalue weighted by molar-refractivity contribution is 0.0991. The zero-order valence-electron chi connectivity index (χ0n) is 8.71. The third kappa shape index (κ3) is 2.60. The van der Waals surface area contributed by atoms with Crippen molar-refractivity contribution in [3.63, 3.8) is 0 Å². The maximum atomic E-state index is 12.0. The summed E-state index contributed by atoms with van der Waals surface area (Å²) in [7, 11) is 0. The number of halogens is 2. The first-order valence-electron chi connectivity index (χ1n) is 4.84. The van der Waals surface area contributed by atoms with Crippen LogP contribution in [-0.2, 0) is 6.42 Å². The number of imidazole rings is 1. The van der Waals surface area contributed by atoms with Gasteiger partial charge in [-0.05, 0) is 12.1 Å². The highest BCUT2D eigenvalue weighted by molar-refractivity contribution is 6.44. The lowest BCUT2D eigenvalue weighted by Gasteiger charge is -2.05. The number of aromatic amines is 1. The zero-order valence-corrected chi connectivity index (χ0v) is 10.2. The van der Waals surface area contributed by atoms with Gasteiger partial charge in [0.05, 0.1) is 16.5 Å². The number of carbonyl (C=O) groups is 1. The number of rotatable bonds is 3. The predicted octanol–water partition coefficient (Wildman–Crippen LogP) is 2.72. The van der Waals surface area contributed by atoms with Crippen LogP contribution in [-0.4, -0.2) is 15.8 Å². The Bertz CT molecular complexity index is 552. The molecule has 0 radical (unpaired) electrons. The number of anilines is 1. The average molecular weight is 270 g/mol. The van der Waals surface area contributed by atoms with E-state index in [9.17, 15) is 4.79 Å². The highest BCUT2D eigenvalue weighted by Crippen LogP contribution is 2.29. The first-order valence-corrected chi connectivity index (χ1v) is 5.59. The Labute approximate surface area is 108 Å². The molecule has 0 unspecified atom stereocenters. The van der Waals surface area contributed by atoms with Crippen LogP contribution < -0.4 is 5.73 Å². The van der Waals surface area contributed by atoms with Gasteiger partial charge in [0.1, 0.15) is 5.82 Å². The molecule has 4 nitrogen and oxygen atoms in total. The van der Waals surface area contributed by atoms with Crippen LogP contribution in [0.2, 0.25) is 10.0 Å². The lowest BCUT2D eigenvalue weighted by atomic mass is 10.1. The van der Waals surface area contributed by atoms with Gasteiger partial charge in [0.2, 0.25) is 0 Å². The molecule has 2 aromatic rings. The van der Waals surface area contributed by atoms with Crippen LogP contribution in [0.5, 0.6) is 0 Å². The number of nitrogens with zero attached hydrogens (tertiary/aromatic N) is 1. The minimum Gasteiger partial charge on any atom is -0.399 e. The van der Waals surface area contributed by atoms with E-state index in [-0.39, 0.29) is 22.2 Å². The van der Waals surface area contributed by atoms with Gasteiger partial charge in [-0.2, -0.15) is 0 Å². The van der Waals surface area contributed by atoms with Gasteiger partial charge in [0, 0.05) is 23.6 Å². The molecule has 0 atom stereocenters. The Morgan fingerprint density at radius 1 is 1.41 bits per heavy atom. The number of carbonyl (C=O) groups excluding carboxylic acids is 1. The van der Waals surface area contributed by atoms with E-state index in [1.54, 1.807) is 12.4 Å². The second-order valence-corrected chi connectivity index (χ2v) is 4.29. The van der Waals surface area contributed by atoms with Gasteiger partial charge in [0.15, 0.2) is 5.78 Å². The molecule has 0 saturated carbocycles. The van der Waals surface area contributed by atoms with Gasteiger partial charge in [-0.25, -0.2) is 4.98 Å². The normalized spacial score (nSPS) is 10.5. The predicted molar refractivity (Wildman–Crippen MR) is 67.5 cm³/mol. The number of nitrogens with two attached hydrogens (primary N) is 1. The third-order valence-corrected chi connectivity index (χ3v) is 3.04. The zero-order chi connectivity index (χ0) is 12.4. The van der Waals surface area contributed by atoms with Crippen LogP contribution in [0.4, 0.5) is 5.69 Å². The molecule has 0 fully saturated rings. The number of H-pyrrole nitrogens is 1. The molecule has 2 rings (SSSR count). The molecule has 0 spiro atoms. The summed E-state index contributed by atoms with van der Waals surface area (Å²) in [5.74, 6) is 0.392. The van der Waals surface area contributed by atoms with Crippen LogP contribution in [0, 0.1) is 0 Å². The number of nitrogens with one attached hydrogen (secondary N) is 1. The van der Waals surface area contributed by atoms with Gasteiger partial charge < -0.3 is 10.7 Å². The van der Waals surface area contributed by atoms with Crippen molar-refractivity contribution < 1.29 is 4.79 Å². The summed E-state index contributed by atoms with van der Waals surface area (Å²) in [6.45, 7) is 0. The Morgan fingerprint density at radius 2 is 2.18 bits per heavy atom. The summed E-state index contributed by atoms with van der Waals surface area (Å²) in [6.07, 6.45) is 3.36. The van der Waals surface area contributed by atoms with Crippen molar-refractivity contribution in [2.75, 3.05) is 5.73 Å². The number of nitrogen functional groups attached to an aromatic ring is 1. The van der Waals surface area contributed by atoms with Crippen LogP contribution in [0.3, 0.4) is 0 Å². The first-order chi connectivity index (χ1) is 8.08. The van der Waals surface area contributed by atoms with E-state index in [4.69, 9.17) is 28.9 Å². The first kappa shape index (κ1) is 12.0. The molecule has 6 heteroatoms. The van der Waals surface area contributed by atoms with Gasteiger partial charge in [-0.15, -0.1) is 0 Å². The highest BCUT2D eigenvalue weighted by atomic mass is 35.5. The molecule has 1 heterocycles. The number of aromatic nitrogens is 2. The summed E-state index contributed by atoms with van der Waals surface area (Å²) in [4.78, 5) is 18.8. The Morgan fingerprint density at radius 3 is 2.82 bits per heavy atom. The van der Waals surface area contributed by atoms with E-state index >= 15 is 0 Å². The van der Waals surface area contributed by atoms with Crippen molar-refractivity contribution in [2.45, 2.75) is 6.42 Å². The smallest absolute Gasteiger partial charge is 0.171 e. The van der Waals surface area contributed by atoms with Gasteiger partial charge in [-0.3, -0.25) is 4.79 Å². The fourth-order valence-corrected chi connectivity index (χ4v) is 1.90. The number of hydrogen-bond donors (Lipinski definition) is 2. The van der Waals surface area contributed by atoms with Crippen LogP contribution >= 0.6 is 23.2 Å². The second-order valence-electron chi connectivity index (χ2n) is 3.50. The monoisotopic (exact) mass is 269 g/mol. The van der Waals surface area contributed by atoms with Crippen LogP contribution in [0.1, 0.15) is 16.2 Å². The maximum absolute atomic E-state index is 12.0. The van der Waals surface area contributed by atoms with Crippen molar-refractivity contribution in [1.82, 2.24) is 9.97 Å². The molecule has 1 aromatic heterocycles. The van der Waals surface area contributed by atoms with Gasteiger partial charge in [0.25, 0.3) is 0 Å². The summed E-state index contributed by atoms with van der Waals surface area (Å²) in [5, 5.41) is 0.492. The minimum absolute atomic E-state index is 0.131. The van der Waals surface area contributed by atoms with E-state index in [1.165, 1.54) is 12.1 Å². The maximum Gasteiger partial charge on any atom is 0.171 e. The van der Waals surface area contributed by atoms with Gasteiger partial charge >= 0.3 is 0 Å². The summed E-state index contributed by atoms with van der Waals surface area (Å²) < 4.78 is 0. The van der Waals surface area contributed by atoms with Crippen molar-refractivity contribution >= 4 is 34.7 Å². The molecule has 1 aromatic carbocycles. The molecule has 0 aliphatic heterocycles. The van der Waals surface area contributed by atoms with E-state index in [0.29, 0.717) is 17.1 Å². The van der Waals surface area contributed by atoms with Gasteiger partial charge in [-0.1, -0.05) is 23.2 Å². The quantitative estimate of drug-likeness (QED) is 0.665. The molecule has 0 aliphatic rings. The minimum atomic E-state index is -0.181. The Balaban J connectivity index is 2.31. The standard InChI is InChI=1S/C11H9Cl2N3O/c12-8-4-6(14)3-7(11(8)13)9(17)5-10-15-1-2-16-10/h1-4H,5,14H2,(H,15,16). The number of benzene rings is 1. The number of hydrogen-bond acceptors (Lipinski definition) is 3. The molecule has 0 amide bonds. The third-order valence-electron chi connectivity index (χ3n) is 2.23. The molecular weight excluding hydrogens is 261 g/mol. The van der Waals surface area contributed by atoms with Crippen molar-refractivity contribution in [2.24, 2.45) is 0 Å². The van der Waals surface area contributed by atoms with E-state index in [0.717, 1.165) is 0 Å². The molecule has 3 N–H and O–H groups in total. The topological polar surface area (TPSA) is 71.8 Å². The fourth-order valence-electron chi connectivity index (χ4n) is 1.45. The highest BCUT2D eigenvalue weighted by Gasteiger charge is 2.15. The van der Waals surface area contributed by atoms with E-state index in [2.05, 4.69) is 9.97 Å². The van der Waals surface area contributed by atoms with Crippen molar-refractivity contribution in [3.8, 4) is 0 Å². The lowest BCUT2D eigenvalue weighted by Crippen LogP contribution is -2.06. The molecule has 0 saturated heterocycles. The Hall–Kier alpha value is -1.52. The van der Waals surface area contributed by atoms with E-state index in [1.807, 2.05) is 0 Å². The van der Waals surface area contributed by atoms with E-state index < -0.39 is 0 Å². The number of Topliss-reactive ketones (excluding diaryl/α,β-unsaturated/α-hetero) is 1. The van der Waals surface area contributed by atoms with Crippen LogP contribution in [0.15, 0.2) is 24.5 Å². The molecular formula is C11H9Cl2N3O. The molecule has 17 heavy (non-hydrogen) atoms. The fraction of sp³-hybridized carbons (Fsp3) is 0.0909. The number of ketones is 1. The largest absolute Gasteiger partial charge is 0.399 e. The summed E-state index contributed by atoms with van der Waals surface area (Å²) >= 11 is 11.8. The summed E-state index contributed by atoms with van der Waals surface area (Å²) in [5.41, 5.74) is 6.34. The molecule has 88 valence electrons. The average Bonchev–Trinajstić information content (AvgIpc) is 2.76. The second kappa shape index (κ2) is 4.77. The van der Waals surface area contributed by atoms with Crippen molar-refractivity contribution in [3.05, 3.63) is 46.0 Å². The summed E-state index contributed by atoms with van der Waals surface area (Å²) in [6, 6.07) is 3.02. The molecule has 0 bridgehead atoms. The van der Waals surface area contributed by atoms with Crippen molar-refractivity contribution in [1.29, 1.82) is 0 Å². The Kier molecular flexibility index (Phi) is 3.36. The SMILES string of the molecule is Nc1cc(Cl)c(Cl)c(C(=O)Cc2ncc[nH]2)c1.